The Labute approximate surface area is 227 Å². The van der Waals surface area contributed by atoms with Crippen molar-refractivity contribution < 1.29 is 32.3 Å². The first-order valence-corrected chi connectivity index (χ1v) is 12.0. The number of carbonyl (C=O) groups excluding carboxylic acids is 3. The van der Waals surface area contributed by atoms with Gasteiger partial charge in [0.2, 0.25) is 5.91 Å². The number of ether oxygens (including phenoxy) is 1. The minimum Gasteiger partial charge on any atom is -0.496 e. The minimum absolute atomic E-state index is 0.0562. The molecule has 0 bridgehead atoms. The second-order valence-electron chi connectivity index (χ2n) is 9.50. The van der Waals surface area contributed by atoms with Gasteiger partial charge in [-0.15, -0.1) is 0 Å². The molecule has 0 aliphatic heterocycles. The van der Waals surface area contributed by atoms with E-state index in [0.29, 0.717) is 11.6 Å². The molecule has 8 nitrogen and oxygen atoms in total. The van der Waals surface area contributed by atoms with Crippen LogP contribution in [0.15, 0.2) is 54.7 Å². The second-order valence-corrected chi connectivity index (χ2v) is 9.90. The average molecular weight is 563 g/mol. The molecule has 206 valence electrons. The summed E-state index contributed by atoms with van der Waals surface area (Å²) in [7, 11) is 1.32. The summed E-state index contributed by atoms with van der Waals surface area (Å²) in [6.45, 7) is 5.53. The van der Waals surface area contributed by atoms with Crippen LogP contribution in [0.4, 0.5) is 24.7 Å². The Bertz CT molecular complexity index is 1400. The summed E-state index contributed by atoms with van der Waals surface area (Å²) in [5, 5.41) is 7.92. The van der Waals surface area contributed by atoms with E-state index >= 15 is 0 Å². The largest absolute Gasteiger partial charge is 0.496 e. The fraction of sp³-hybridized carbons (Fsp3) is 0.259. The first-order chi connectivity index (χ1) is 18.2. The van der Waals surface area contributed by atoms with Gasteiger partial charge < -0.3 is 20.7 Å². The van der Waals surface area contributed by atoms with Crippen molar-refractivity contribution in [2.75, 3.05) is 17.7 Å². The van der Waals surface area contributed by atoms with E-state index in [9.17, 15) is 27.6 Å². The first kappa shape index (κ1) is 29.4. The fourth-order valence-electron chi connectivity index (χ4n) is 3.32. The zero-order chi connectivity index (χ0) is 29.0. The highest BCUT2D eigenvalue weighted by Gasteiger charge is 2.31. The molecule has 0 saturated heterocycles. The lowest BCUT2D eigenvalue weighted by Gasteiger charge is -2.18. The van der Waals surface area contributed by atoms with Crippen molar-refractivity contribution in [1.29, 1.82) is 0 Å². The fourth-order valence-corrected chi connectivity index (χ4v) is 3.53. The number of carbonyl (C=O) groups is 3. The van der Waals surface area contributed by atoms with Gasteiger partial charge in [-0.2, -0.15) is 13.2 Å². The molecule has 0 fully saturated rings. The van der Waals surface area contributed by atoms with Crippen molar-refractivity contribution in [2.45, 2.75) is 33.5 Å². The highest BCUT2D eigenvalue weighted by atomic mass is 35.5. The predicted molar refractivity (Wildman–Crippen MR) is 141 cm³/mol. The van der Waals surface area contributed by atoms with Crippen LogP contribution in [0.3, 0.4) is 0 Å². The maximum atomic E-state index is 13.0. The van der Waals surface area contributed by atoms with E-state index in [1.807, 2.05) is 0 Å². The molecule has 0 aliphatic carbocycles. The topological polar surface area (TPSA) is 109 Å². The summed E-state index contributed by atoms with van der Waals surface area (Å²) in [5.41, 5.74) is -0.635. The summed E-state index contributed by atoms with van der Waals surface area (Å²) >= 11 is 6.24. The Morgan fingerprint density at radius 3 is 2.26 bits per heavy atom. The predicted octanol–water partition coefficient (Wildman–Crippen LogP) is 5.93. The summed E-state index contributed by atoms with van der Waals surface area (Å²) in [6, 6.07) is 10.4. The molecule has 0 saturated carbocycles. The lowest BCUT2D eigenvalue weighted by molar-refractivity contribution is -0.137. The zero-order valence-electron chi connectivity index (χ0n) is 21.5. The zero-order valence-corrected chi connectivity index (χ0v) is 22.3. The SMILES string of the molecule is COc1ccc(NC(=O)c2cc(CNC(=O)C(C)(C)C)ccc2Cl)cc1C(=O)Nc1cc(C(F)(F)F)ccn1. The van der Waals surface area contributed by atoms with Crippen LogP contribution >= 0.6 is 11.6 Å². The van der Waals surface area contributed by atoms with Crippen LogP contribution in [0.1, 0.15) is 52.6 Å². The molecule has 2 aromatic carbocycles. The number of nitrogens with zero attached hydrogens (tertiary/aromatic N) is 1. The van der Waals surface area contributed by atoms with Gasteiger partial charge in [0.05, 0.1) is 28.8 Å². The molecule has 39 heavy (non-hydrogen) atoms. The third kappa shape index (κ3) is 7.70. The van der Waals surface area contributed by atoms with Crippen molar-refractivity contribution in [3.8, 4) is 5.75 Å². The smallest absolute Gasteiger partial charge is 0.416 e. The second kappa shape index (κ2) is 11.7. The Balaban J connectivity index is 1.79. The van der Waals surface area contributed by atoms with Gasteiger partial charge in [-0.1, -0.05) is 38.4 Å². The summed E-state index contributed by atoms with van der Waals surface area (Å²) in [4.78, 5) is 41.8. The highest BCUT2D eigenvalue weighted by Crippen LogP contribution is 2.30. The molecule has 0 aliphatic rings. The van der Waals surface area contributed by atoms with Gasteiger partial charge >= 0.3 is 6.18 Å². The quantitative estimate of drug-likeness (QED) is 0.331. The van der Waals surface area contributed by atoms with E-state index in [4.69, 9.17) is 16.3 Å². The molecule has 3 aromatic rings. The number of amides is 3. The summed E-state index contributed by atoms with van der Waals surface area (Å²) < 4.78 is 44.2. The first-order valence-electron chi connectivity index (χ1n) is 11.6. The van der Waals surface area contributed by atoms with Crippen molar-refractivity contribution in [1.82, 2.24) is 10.3 Å². The van der Waals surface area contributed by atoms with E-state index in [-0.39, 0.29) is 45.9 Å². The Morgan fingerprint density at radius 2 is 1.62 bits per heavy atom. The van der Waals surface area contributed by atoms with E-state index in [1.165, 1.54) is 37.4 Å². The van der Waals surface area contributed by atoms with E-state index in [1.54, 1.807) is 26.8 Å². The Hall–Kier alpha value is -4.12. The number of hydrogen-bond acceptors (Lipinski definition) is 5. The van der Waals surface area contributed by atoms with Crippen LogP contribution in [-0.2, 0) is 17.5 Å². The number of hydrogen-bond donors (Lipinski definition) is 3. The third-order valence-corrected chi connectivity index (χ3v) is 5.77. The van der Waals surface area contributed by atoms with Crippen LogP contribution in [0.2, 0.25) is 5.02 Å². The maximum absolute atomic E-state index is 13.0. The van der Waals surface area contributed by atoms with Crippen LogP contribution in [-0.4, -0.2) is 29.8 Å². The van der Waals surface area contributed by atoms with E-state index in [2.05, 4.69) is 20.9 Å². The van der Waals surface area contributed by atoms with Crippen molar-refractivity contribution in [2.24, 2.45) is 5.41 Å². The number of pyridine rings is 1. The molecule has 0 unspecified atom stereocenters. The van der Waals surface area contributed by atoms with Crippen LogP contribution < -0.4 is 20.7 Å². The molecule has 1 heterocycles. The van der Waals surface area contributed by atoms with Crippen LogP contribution in [0, 0.1) is 5.41 Å². The molecule has 0 spiro atoms. The number of anilines is 2. The maximum Gasteiger partial charge on any atom is 0.416 e. The molecular formula is C27H26ClF3N4O4. The number of nitrogens with one attached hydrogen (secondary N) is 3. The van der Waals surface area contributed by atoms with Gasteiger partial charge in [0, 0.05) is 23.8 Å². The number of rotatable bonds is 7. The monoisotopic (exact) mass is 562 g/mol. The molecule has 1 aromatic heterocycles. The van der Waals surface area contributed by atoms with Gasteiger partial charge in [-0.25, -0.2) is 4.98 Å². The molecule has 3 amide bonds. The summed E-state index contributed by atoms with van der Waals surface area (Å²) in [5.74, 6) is -1.74. The lowest BCUT2D eigenvalue weighted by atomic mass is 9.95. The molecule has 0 atom stereocenters. The number of halogens is 4. The van der Waals surface area contributed by atoms with Crippen LogP contribution in [0.25, 0.3) is 0 Å². The van der Waals surface area contributed by atoms with Crippen LogP contribution in [0.5, 0.6) is 5.75 Å². The van der Waals surface area contributed by atoms with Gasteiger partial charge in [0.15, 0.2) is 0 Å². The highest BCUT2D eigenvalue weighted by molar-refractivity contribution is 6.34. The molecule has 3 rings (SSSR count). The average Bonchev–Trinajstić information content (AvgIpc) is 2.87. The van der Waals surface area contributed by atoms with Crippen molar-refractivity contribution >= 4 is 40.8 Å². The molecule has 12 heteroatoms. The molecular weight excluding hydrogens is 537 g/mol. The minimum atomic E-state index is -4.61. The molecule has 0 radical (unpaired) electrons. The lowest BCUT2D eigenvalue weighted by Crippen LogP contribution is -2.34. The standard InChI is InChI=1S/C27H26ClF3N4O4/c1-26(2,3)25(38)33-14-15-5-7-20(28)18(11-15)23(36)34-17-6-8-21(39-4)19(13-17)24(37)35-22-12-16(9-10-32-22)27(29,30)31/h5-13H,14H2,1-4H3,(H,33,38)(H,34,36)(H,32,35,37). The van der Waals surface area contributed by atoms with Gasteiger partial charge in [-0.3, -0.25) is 14.4 Å². The summed E-state index contributed by atoms with van der Waals surface area (Å²) in [6.07, 6.45) is -3.68. The number of alkyl halides is 3. The molecule has 3 N–H and O–H groups in total. The number of aromatic nitrogens is 1. The third-order valence-electron chi connectivity index (χ3n) is 5.44. The Kier molecular flexibility index (Phi) is 8.85. The Morgan fingerprint density at radius 1 is 0.923 bits per heavy atom. The normalized spacial score (nSPS) is 11.5. The van der Waals surface area contributed by atoms with Gasteiger partial charge in [0.1, 0.15) is 11.6 Å². The van der Waals surface area contributed by atoms with E-state index < -0.39 is 29.0 Å². The van der Waals surface area contributed by atoms with Gasteiger partial charge in [-0.05, 0) is 48.0 Å². The number of benzene rings is 2. The van der Waals surface area contributed by atoms with Crippen molar-refractivity contribution in [3.63, 3.8) is 0 Å². The van der Waals surface area contributed by atoms with Gasteiger partial charge in [0.25, 0.3) is 11.8 Å². The number of methoxy groups -OCH3 is 1. The van der Waals surface area contributed by atoms with E-state index in [0.717, 1.165) is 12.3 Å². The van der Waals surface area contributed by atoms with Crippen molar-refractivity contribution in [3.05, 3.63) is 82.0 Å².